The minimum Gasteiger partial charge on any atom is -0.465 e. The number of β-amino-alcohol motifs (C(OH)–C–C–N with tert-alkyl or cyclic N) is 1. The second kappa shape index (κ2) is 2.92. The molecular formula is C9H13NO2. The smallest absolute Gasteiger partial charge is 0.118 e. The van der Waals surface area contributed by atoms with Crippen molar-refractivity contribution in [3.8, 4) is 0 Å². The van der Waals surface area contributed by atoms with Crippen molar-refractivity contribution in [2.75, 3.05) is 13.1 Å². The monoisotopic (exact) mass is 167 g/mol. The number of hydrogen-bond acceptors (Lipinski definition) is 3. The first-order valence-corrected chi connectivity index (χ1v) is 4.20. The molecule has 3 nitrogen and oxygen atoms in total. The molecule has 2 rings (SSSR count). The highest BCUT2D eigenvalue weighted by molar-refractivity contribution is 5.06. The van der Waals surface area contributed by atoms with E-state index in [1.807, 2.05) is 19.1 Å². The van der Waals surface area contributed by atoms with Crippen molar-refractivity contribution < 1.29 is 9.52 Å². The molecule has 1 aromatic heterocycles. The Morgan fingerprint density at radius 3 is 2.83 bits per heavy atom. The van der Waals surface area contributed by atoms with Crippen molar-refractivity contribution in [1.82, 2.24) is 4.90 Å². The fourth-order valence-corrected chi connectivity index (χ4v) is 1.46. The van der Waals surface area contributed by atoms with Crippen LogP contribution in [0.25, 0.3) is 0 Å². The maximum absolute atomic E-state index is 9.03. The summed E-state index contributed by atoms with van der Waals surface area (Å²) in [5, 5.41) is 9.03. The summed E-state index contributed by atoms with van der Waals surface area (Å²) in [7, 11) is 0. The van der Waals surface area contributed by atoms with Gasteiger partial charge < -0.3 is 9.52 Å². The molecule has 0 aliphatic carbocycles. The average Bonchev–Trinajstić information content (AvgIpc) is 2.33. The molecule has 1 saturated heterocycles. The molecule has 66 valence electrons. The minimum atomic E-state index is -0.124. The largest absolute Gasteiger partial charge is 0.465 e. The zero-order chi connectivity index (χ0) is 8.55. The van der Waals surface area contributed by atoms with E-state index in [1.54, 1.807) is 0 Å². The molecule has 0 aromatic carbocycles. The molecule has 1 fully saturated rings. The van der Waals surface area contributed by atoms with Crippen LogP contribution < -0.4 is 0 Å². The van der Waals surface area contributed by atoms with E-state index in [1.165, 1.54) is 0 Å². The summed E-state index contributed by atoms with van der Waals surface area (Å²) in [4.78, 5) is 2.16. The average molecular weight is 167 g/mol. The van der Waals surface area contributed by atoms with Gasteiger partial charge in [-0.25, -0.2) is 0 Å². The van der Waals surface area contributed by atoms with Crippen LogP contribution in [0.4, 0.5) is 0 Å². The first-order valence-electron chi connectivity index (χ1n) is 4.20. The lowest BCUT2D eigenvalue weighted by molar-refractivity contribution is -0.00637. The third-order valence-corrected chi connectivity index (χ3v) is 2.11. The number of hydrogen-bond donors (Lipinski definition) is 1. The summed E-state index contributed by atoms with van der Waals surface area (Å²) in [6, 6.07) is 3.95. The number of likely N-dealkylation sites (tertiary alicyclic amines) is 1. The lowest BCUT2D eigenvalue weighted by Crippen LogP contribution is -2.49. The first-order chi connectivity index (χ1) is 5.74. The molecule has 3 heteroatoms. The summed E-state index contributed by atoms with van der Waals surface area (Å²) in [6.07, 6.45) is -0.124. The topological polar surface area (TPSA) is 36.6 Å². The molecule has 0 amide bonds. The van der Waals surface area contributed by atoms with Gasteiger partial charge in [-0.3, -0.25) is 4.90 Å². The van der Waals surface area contributed by atoms with E-state index in [4.69, 9.17) is 9.52 Å². The zero-order valence-electron chi connectivity index (χ0n) is 7.16. The van der Waals surface area contributed by atoms with Crippen LogP contribution >= 0.6 is 0 Å². The van der Waals surface area contributed by atoms with Crippen LogP contribution in [0.3, 0.4) is 0 Å². The van der Waals surface area contributed by atoms with Gasteiger partial charge in [-0.05, 0) is 19.1 Å². The molecule has 0 bridgehead atoms. The van der Waals surface area contributed by atoms with Gasteiger partial charge in [0, 0.05) is 13.1 Å². The van der Waals surface area contributed by atoms with Crippen LogP contribution in [0.15, 0.2) is 16.5 Å². The molecule has 0 unspecified atom stereocenters. The quantitative estimate of drug-likeness (QED) is 0.706. The molecule has 0 spiro atoms. The number of aryl methyl sites for hydroxylation is 1. The van der Waals surface area contributed by atoms with E-state index in [9.17, 15) is 0 Å². The van der Waals surface area contributed by atoms with Crippen molar-refractivity contribution in [3.05, 3.63) is 23.7 Å². The van der Waals surface area contributed by atoms with Gasteiger partial charge in [-0.2, -0.15) is 0 Å². The van der Waals surface area contributed by atoms with Gasteiger partial charge in [0.1, 0.15) is 11.5 Å². The van der Waals surface area contributed by atoms with Crippen LogP contribution in [0.1, 0.15) is 11.5 Å². The van der Waals surface area contributed by atoms with Gasteiger partial charge in [-0.1, -0.05) is 0 Å². The van der Waals surface area contributed by atoms with E-state index in [2.05, 4.69) is 4.90 Å². The molecular weight excluding hydrogens is 154 g/mol. The van der Waals surface area contributed by atoms with Crippen LogP contribution in [0.2, 0.25) is 0 Å². The second-order valence-electron chi connectivity index (χ2n) is 3.36. The fraction of sp³-hybridized carbons (Fsp3) is 0.556. The highest BCUT2D eigenvalue weighted by atomic mass is 16.3. The molecule has 2 heterocycles. The standard InChI is InChI=1S/C9H13NO2/c1-7-2-3-9(12-7)6-10-4-8(11)5-10/h2-3,8,11H,4-6H2,1H3. The molecule has 1 aliphatic rings. The van der Waals surface area contributed by atoms with Gasteiger partial charge in [0.25, 0.3) is 0 Å². The molecule has 1 aromatic rings. The highest BCUT2D eigenvalue weighted by Gasteiger charge is 2.24. The summed E-state index contributed by atoms with van der Waals surface area (Å²) < 4.78 is 5.40. The van der Waals surface area contributed by atoms with Crippen LogP contribution in [0.5, 0.6) is 0 Å². The van der Waals surface area contributed by atoms with Gasteiger partial charge in [0.2, 0.25) is 0 Å². The SMILES string of the molecule is Cc1ccc(CN2CC(O)C2)o1. The van der Waals surface area contributed by atoms with Gasteiger partial charge >= 0.3 is 0 Å². The number of furan rings is 1. The van der Waals surface area contributed by atoms with E-state index < -0.39 is 0 Å². The van der Waals surface area contributed by atoms with Crippen molar-refractivity contribution in [2.45, 2.75) is 19.6 Å². The Bertz CT molecular complexity index is 263. The predicted molar refractivity (Wildman–Crippen MR) is 44.7 cm³/mol. The maximum atomic E-state index is 9.03. The van der Waals surface area contributed by atoms with E-state index in [-0.39, 0.29) is 6.10 Å². The summed E-state index contributed by atoms with van der Waals surface area (Å²) in [5.74, 6) is 1.94. The van der Waals surface area contributed by atoms with Crippen LogP contribution in [0, 0.1) is 6.92 Å². The Hall–Kier alpha value is -0.800. The highest BCUT2D eigenvalue weighted by Crippen LogP contribution is 2.14. The summed E-state index contributed by atoms with van der Waals surface area (Å²) in [6.45, 7) is 4.32. The third-order valence-electron chi connectivity index (χ3n) is 2.11. The maximum Gasteiger partial charge on any atom is 0.118 e. The van der Waals surface area contributed by atoms with Gasteiger partial charge in [0.05, 0.1) is 12.6 Å². The van der Waals surface area contributed by atoms with Crippen LogP contribution in [-0.4, -0.2) is 29.2 Å². The number of aliphatic hydroxyl groups excluding tert-OH is 1. The van der Waals surface area contributed by atoms with Crippen LogP contribution in [-0.2, 0) is 6.54 Å². The van der Waals surface area contributed by atoms with Crippen molar-refractivity contribution in [2.24, 2.45) is 0 Å². The lowest BCUT2D eigenvalue weighted by Gasteiger charge is -2.34. The van der Waals surface area contributed by atoms with Crippen molar-refractivity contribution in [3.63, 3.8) is 0 Å². The van der Waals surface area contributed by atoms with Gasteiger partial charge in [0.15, 0.2) is 0 Å². The summed E-state index contributed by atoms with van der Waals surface area (Å²) >= 11 is 0. The van der Waals surface area contributed by atoms with E-state index in [0.717, 1.165) is 31.2 Å². The Morgan fingerprint density at radius 1 is 1.58 bits per heavy atom. The molecule has 1 aliphatic heterocycles. The summed E-state index contributed by atoms with van der Waals surface area (Å²) in [5.41, 5.74) is 0. The molecule has 12 heavy (non-hydrogen) atoms. The predicted octanol–water partition coefficient (Wildman–Crippen LogP) is 0.765. The van der Waals surface area contributed by atoms with E-state index >= 15 is 0 Å². The van der Waals surface area contributed by atoms with E-state index in [0.29, 0.717) is 0 Å². The fourth-order valence-electron chi connectivity index (χ4n) is 1.46. The molecule has 0 radical (unpaired) electrons. The number of nitrogens with zero attached hydrogens (tertiary/aromatic N) is 1. The second-order valence-corrected chi connectivity index (χ2v) is 3.36. The molecule has 0 saturated carbocycles. The van der Waals surface area contributed by atoms with Gasteiger partial charge in [-0.15, -0.1) is 0 Å². The third kappa shape index (κ3) is 1.52. The number of rotatable bonds is 2. The molecule has 1 N–H and O–H groups in total. The Morgan fingerprint density at radius 2 is 2.33 bits per heavy atom. The number of aliphatic hydroxyl groups is 1. The molecule has 0 atom stereocenters. The first kappa shape index (κ1) is 7.83. The lowest BCUT2D eigenvalue weighted by atomic mass is 10.1. The zero-order valence-corrected chi connectivity index (χ0v) is 7.16. The Balaban J connectivity index is 1.88. The van der Waals surface area contributed by atoms with Crippen molar-refractivity contribution >= 4 is 0 Å². The Labute approximate surface area is 71.6 Å². The normalized spacial score (nSPS) is 19.5. The van der Waals surface area contributed by atoms with Crippen molar-refractivity contribution in [1.29, 1.82) is 0 Å². The Kier molecular flexibility index (Phi) is 1.90. The minimum absolute atomic E-state index is 0.124.